The second-order valence-electron chi connectivity index (χ2n) is 2.55. The molecule has 0 aromatic heterocycles. The molecule has 14 heavy (non-hydrogen) atoms. The van der Waals surface area contributed by atoms with Crippen LogP contribution in [0, 0.1) is 0 Å². The lowest BCUT2D eigenvalue weighted by atomic mass is 10.5. The number of hydrogen-bond donors (Lipinski definition) is 2. The molecule has 0 saturated carbocycles. The molecule has 0 spiro atoms. The van der Waals surface area contributed by atoms with E-state index >= 15 is 0 Å². The molecule has 2 N–H and O–H groups in total. The first-order valence-corrected chi connectivity index (χ1v) is 5.90. The highest BCUT2D eigenvalue weighted by Crippen LogP contribution is 1.86. The van der Waals surface area contributed by atoms with Crippen LogP contribution in [-0.2, 0) is 19.6 Å². The average molecular weight is 225 g/mol. The Morgan fingerprint density at radius 1 is 1.50 bits per heavy atom. The Kier molecular flexibility index (Phi) is 6.43. The lowest BCUT2D eigenvalue weighted by Gasteiger charge is -2.04. The molecule has 0 aliphatic carbocycles. The number of carbonyl (C=O) groups is 1. The summed E-state index contributed by atoms with van der Waals surface area (Å²) in [5.74, 6) is -1.17. The van der Waals surface area contributed by atoms with Crippen LogP contribution in [0.4, 0.5) is 0 Å². The number of carboxylic acids is 1. The molecule has 0 amide bonds. The highest BCUT2D eigenvalue weighted by atomic mass is 32.2. The molecular weight excluding hydrogens is 210 g/mol. The summed E-state index contributed by atoms with van der Waals surface area (Å²) in [4.78, 5) is 10.1. The standard InChI is InChI=1S/C7H15NO5S/c1-2-13-5-6-14(11,12)8-4-3-7(9)10/h8H,2-6H2,1H3,(H,9,10). The monoisotopic (exact) mass is 225 g/mol. The molecule has 0 rings (SSSR count). The Labute approximate surface area is 83.3 Å². The maximum Gasteiger partial charge on any atom is 0.304 e. The Morgan fingerprint density at radius 2 is 2.14 bits per heavy atom. The van der Waals surface area contributed by atoms with Crippen LogP contribution in [-0.4, -0.2) is 45.0 Å². The third-order valence-electron chi connectivity index (χ3n) is 1.36. The molecule has 0 atom stereocenters. The fourth-order valence-corrected chi connectivity index (χ4v) is 1.59. The van der Waals surface area contributed by atoms with Gasteiger partial charge < -0.3 is 9.84 Å². The van der Waals surface area contributed by atoms with Crippen LogP contribution in [0.1, 0.15) is 13.3 Å². The molecule has 7 heteroatoms. The molecule has 0 aliphatic heterocycles. The van der Waals surface area contributed by atoms with E-state index < -0.39 is 16.0 Å². The van der Waals surface area contributed by atoms with Crippen molar-refractivity contribution < 1.29 is 23.1 Å². The number of carboxylic acid groups (broad SMARTS) is 1. The molecule has 0 saturated heterocycles. The minimum atomic E-state index is -3.39. The zero-order valence-corrected chi connectivity index (χ0v) is 8.84. The van der Waals surface area contributed by atoms with Crippen LogP contribution >= 0.6 is 0 Å². The Hall–Kier alpha value is -0.660. The smallest absolute Gasteiger partial charge is 0.304 e. The largest absolute Gasteiger partial charge is 0.481 e. The van der Waals surface area contributed by atoms with Crippen LogP contribution in [0.3, 0.4) is 0 Å². The van der Waals surface area contributed by atoms with Crippen LogP contribution in [0.15, 0.2) is 0 Å². The van der Waals surface area contributed by atoms with E-state index in [2.05, 4.69) is 4.72 Å². The van der Waals surface area contributed by atoms with Gasteiger partial charge in [-0.15, -0.1) is 0 Å². The molecule has 0 bridgehead atoms. The average Bonchev–Trinajstić information content (AvgIpc) is 2.03. The summed E-state index contributed by atoms with van der Waals surface area (Å²) in [5, 5.41) is 8.26. The van der Waals surface area contributed by atoms with Gasteiger partial charge in [-0.1, -0.05) is 0 Å². The SMILES string of the molecule is CCOCCS(=O)(=O)NCCC(=O)O. The summed E-state index contributed by atoms with van der Waals surface area (Å²) >= 11 is 0. The lowest BCUT2D eigenvalue weighted by Crippen LogP contribution is -2.30. The Bertz CT molecular complexity index is 261. The first kappa shape index (κ1) is 13.3. The van der Waals surface area contributed by atoms with E-state index in [4.69, 9.17) is 9.84 Å². The van der Waals surface area contributed by atoms with E-state index in [1.54, 1.807) is 6.92 Å². The molecule has 6 nitrogen and oxygen atoms in total. The van der Waals surface area contributed by atoms with Gasteiger partial charge in [0.05, 0.1) is 18.8 Å². The second kappa shape index (κ2) is 6.74. The third kappa shape index (κ3) is 7.96. The number of aliphatic carboxylic acids is 1. The van der Waals surface area contributed by atoms with Crippen molar-refractivity contribution >= 4 is 16.0 Å². The molecule has 0 radical (unpaired) electrons. The molecular formula is C7H15NO5S. The van der Waals surface area contributed by atoms with Gasteiger partial charge in [-0.3, -0.25) is 4.79 Å². The van der Waals surface area contributed by atoms with E-state index in [-0.39, 0.29) is 25.3 Å². The Morgan fingerprint density at radius 3 is 2.64 bits per heavy atom. The minimum Gasteiger partial charge on any atom is -0.481 e. The maximum atomic E-state index is 11.1. The van der Waals surface area contributed by atoms with Gasteiger partial charge in [0.15, 0.2) is 0 Å². The molecule has 0 heterocycles. The van der Waals surface area contributed by atoms with E-state index in [1.165, 1.54) is 0 Å². The number of nitrogens with one attached hydrogen (secondary N) is 1. The van der Waals surface area contributed by atoms with E-state index in [9.17, 15) is 13.2 Å². The van der Waals surface area contributed by atoms with Crippen molar-refractivity contribution in [1.29, 1.82) is 0 Å². The summed E-state index contributed by atoms with van der Waals surface area (Å²) in [7, 11) is -3.39. The van der Waals surface area contributed by atoms with Crippen LogP contribution < -0.4 is 4.72 Å². The van der Waals surface area contributed by atoms with Crippen molar-refractivity contribution in [3.8, 4) is 0 Å². The van der Waals surface area contributed by atoms with Gasteiger partial charge in [0.1, 0.15) is 0 Å². The summed E-state index contributed by atoms with van der Waals surface area (Å²) in [6.07, 6.45) is -0.214. The maximum absolute atomic E-state index is 11.1. The molecule has 84 valence electrons. The highest BCUT2D eigenvalue weighted by Gasteiger charge is 2.09. The quantitative estimate of drug-likeness (QED) is 0.539. The first-order chi connectivity index (χ1) is 6.48. The molecule has 0 fully saturated rings. The fraction of sp³-hybridized carbons (Fsp3) is 0.857. The predicted octanol–water partition coefficient (Wildman–Crippen LogP) is -0.583. The van der Waals surface area contributed by atoms with Crippen molar-refractivity contribution in [2.75, 3.05) is 25.5 Å². The number of sulfonamides is 1. The first-order valence-electron chi connectivity index (χ1n) is 4.25. The fourth-order valence-electron chi connectivity index (χ4n) is 0.699. The summed E-state index contributed by atoms with van der Waals surface area (Å²) < 4.78 is 29.2. The van der Waals surface area contributed by atoms with Crippen molar-refractivity contribution in [3.05, 3.63) is 0 Å². The summed E-state index contributed by atoms with van der Waals surface area (Å²) in [5.41, 5.74) is 0. The lowest BCUT2D eigenvalue weighted by molar-refractivity contribution is -0.136. The Balaban J connectivity index is 3.67. The topological polar surface area (TPSA) is 92.7 Å². The number of rotatable bonds is 8. The molecule has 0 aliphatic rings. The van der Waals surface area contributed by atoms with Gasteiger partial charge >= 0.3 is 5.97 Å². The number of ether oxygens (including phenoxy) is 1. The molecule has 0 aromatic carbocycles. The van der Waals surface area contributed by atoms with Gasteiger partial charge in [0.2, 0.25) is 10.0 Å². The van der Waals surface area contributed by atoms with Crippen LogP contribution in [0.2, 0.25) is 0 Å². The predicted molar refractivity (Wildman–Crippen MR) is 50.5 cm³/mol. The van der Waals surface area contributed by atoms with Crippen molar-refractivity contribution in [3.63, 3.8) is 0 Å². The van der Waals surface area contributed by atoms with Gasteiger partial charge in [-0.2, -0.15) is 0 Å². The normalized spacial score (nSPS) is 11.5. The van der Waals surface area contributed by atoms with Crippen LogP contribution in [0.25, 0.3) is 0 Å². The van der Waals surface area contributed by atoms with Crippen molar-refractivity contribution in [1.82, 2.24) is 4.72 Å². The third-order valence-corrected chi connectivity index (χ3v) is 2.71. The van der Waals surface area contributed by atoms with Gasteiger partial charge in [0.25, 0.3) is 0 Å². The van der Waals surface area contributed by atoms with Crippen molar-refractivity contribution in [2.24, 2.45) is 0 Å². The molecule has 0 aromatic rings. The minimum absolute atomic E-state index is 0.0796. The van der Waals surface area contributed by atoms with E-state index in [1.807, 2.05) is 0 Å². The summed E-state index contributed by atoms with van der Waals surface area (Å²) in [6, 6.07) is 0. The highest BCUT2D eigenvalue weighted by molar-refractivity contribution is 7.89. The number of hydrogen-bond acceptors (Lipinski definition) is 4. The zero-order valence-electron chi connectivity index (χ0n) is 8.02. The van der Waals surface area contributed by atoms with E-state index in [0.29, 0.717) is 6.61 Å². The van der Waals surface area contributed by atoms with Gasteiger partial charge in [-0.05, 0) is 6.92 Å². The molecule has 0 unspecified atom stereocenters. The van der Waals surface area contributed by atoms with Crippen molar-refractivity contribution in [2.45, 2.75) is 13.3 Å². The second-order valence-corrected chi connectivity index (χ2v) is 4.48. The van der Waals surface area contributed by atoms with Gasteiger partial charge in [0, 0.05) is 13.2 Å². The zero-order chi connectivity index (χ0) is 11.0. The van der Waals surface area contributed by atoms with Crippen LogP contribution in [0.5, 0.6) is 0 Å². The van der Waals surface area contributed by atoms with Gasteiger partial charge in [-0.25, -0.2) is 13.1 Å². The summed E-state index contributed by atoms with van der Waals surface area (Å²) in [6.45, 7) is 2.28. The van der Waals surface area contributed by atoms with E-state index in [0.717, 1.165) is 0 Å².